The number of para-hydroxylation sites is 1. The number of phenolic OH excluding ortho intramolecular Hbond substituents is 2. The lowest BCUT2D eigenvalue weighted by Crippen LogP contribution is -2.19. The molecule has 7 aromatic rings. The van der Waals surface area contributed by atoms with Gasteiger partial charge in [-0.3, -0.25) is 13.7 Å². The Morgan fingerprint density at radius 1 is 0.574 bits per heavy atom. The van der Waals surface area contributed by atoms with Crippen molar-refractivity contribution in [2.75, 3.05) is 17.7 Å². The number of azo groups is 2. The van der Waals surface area contributed by atoms with Crippen molar-refractivity contribution in [3.05, 3.63) is 115 Å². The van der Waals surface area contributed by atoms with Gasteiger partial charge in [0, 0.05) is 38.5 Å². The van der Waals surface area contributed by atoms with Gasteiger partial charge in [-0.2, -0.15) is 35.5 Å². The summed E-state index contributed by atoms with van der Waals surface area (Å²) < 4.78 is 109. The molecule has 7 aromatic carbocycles. The first-order chi connectivity index (χ1) is 28.8. The Morgan fingerprint density at radius 2 is 1.08 bits per heavy atom. The number of phenols is 2. The van der Waals surface area contributed by atoms with Crippen LogP contribution in [0.15, 0.2) is 144 Å². The molecule has 0 aliphatic rings. The van der Waals surface area contributed by atoms with Crippen LogP contribution in [0.25, 0.3) is 32.3 Å². The van der Waals surface area contributed by atoms with E-state index in [0.717, 1.165) is 18.2 Å². The van der Waals surface area contributed by atoms with Crippen LogP contribution in [0.4, 0.5) is 33.2 Å². The zero-order chi connectivity index (χ0) is 43.9. The molecule has 7 rings (SSSR count). The SMILES string of the molecule is COc1ccccc1CN=Nc1c(S(=O)(=O)O)cc2cc(NC(=O)Nc3ccc4c(O)c(N=Nc5ccc(S(=O)(=O)O)c6ccccc56)c(S(=O)(=O)O)cc4c3)ccc2c1O. The normalized spacial score (nSPS) is 12.5. The van der Waals surface area contributed by atoms with Gasteiger partial charge in [0.1, 0.15) is 31.8 Å². The summed E-state index contributed by atoms with van der Waals surface area (Å²) in [5.41, 5.74) is -0.322. The third-order valence-electron chi connectivity index (χ3n) is 9.17. The second-order valence-corrected chi connectivity index (χ2v) is 17.2. The quantitative estimate of drug-likeness (QED) is 0.0473. The van der Waals surface area contributed by atoms with Crippen LogP contribution in [0.1, 0.15) is 5.56 Å². The molecule has 0 unspecified atom stereocenters. The highest BCUT2D eigenvalue weighted by atomic mass is 32.2. The van der Waals surface area contributed by atoms with Crippen LogP contribution in [-0.2, 0) is 36.9 Å². The molecule has 61 heavy (non-hydrogen) atoms. The van der Waals surface area contributed by atoms with Gasteiger partial charge in [-0.25, -0.2) is 4.79 Å². The van der Waals surface area contributed by atoms with Crippen molar-refractivity contribution in [3.63, 3.8) is 0 Å². The first kappa shape index (κ1) is 42.1. The van der Waals surface area contributed by atoms with Crippen LogP contribution in [0, 0.1) is 0 Å². The third-order valence-corrected chi connectivity index (χ3v) is 11.8. The first-order valence-electron chi connectivity index (χ1n) is 17.4. The highest BCUT2D eigenvalue weighted by Crippen LogP contribution is 2.44. The number of amides is 2. The number of aromatic hydroxyl groups is 2. The van der Waals surface area contributed by atoms with E-state index in [9.17, 15) is 53.9 Å². The van der Waals surface area contributed by atoms with Crippen LogP contribution in [-0.4, -0.2) is 62.3 Å². The average molecular weight is 887 g/mol. The van der Waals surface area contributed by atoms with Gasteiger partial charge in [0.25, 0.3) is 30.4 Å². The molecule has 0 atom stereocenters. The van der Waals surface area contributed by atoms with Crippen LogP contribution < -0.4 is 15.4 Å². The number of hydrogen-bond acceptors (Lipinski definition) is 14. The van der Waals surface area contributed by atoms with Crippen molar-refractivity contribution >= 4 is 97.1 Å². The molecule has 0 radical (unpaired) electrons. The van der Waals surface area contributed by atoms with Crippen LogP contribution in [0.2, 0.25) is 0 Å². The Bertz CT molecular complexity index is 3360. The number of hydrogen-bond donors (Lipinski definition) is 7. The maximum Gasteiger partial charge on any atom is 0.323 e. The van der Waals surface area contributed by atoms with Crippen LogP contribution in [0.3, 0.4) is 0 Å². The first-order valence-corrected chi connectivity index (χ1v) is 21.7. The second-order valence-electron chi connectivity index (χ2n) is 13.1. The fraction of sp³-hybridized carbons (Fsp3) is 0.0513. The number of fused-ring (bicyclic) bond motifs is 3. The molecule has 0 aliphatic carbocycles. The number of methoxy groups -OCH3 is 1. The zero-order valence-electron chi connectivity index (χ0n) is 31.1. The molecule has 0 aliphatic heterocycles. The molecule has 0 bridgehead atoms. The van der Waals surface area contributed by atoms with E-state index in [1.165, 1.54) is 67.8 Å². The van der Waals surface area contributed by atoms with E-state index in [4.69, 9.17) is 4.74 Å². The average Bonchev–Trinajstić information content (AvgIpc) is 3.19. The topological polar surface area (TPSA) is 303 Å². The molecule has 0 spiro atoms. The Balaban J connectivity index is 1.15. The standard InChI is InChI=1S/C39H30N6O13S3/c1-58-31-9-5-2-6-21(31)20-40-44-35-33(60(52,53)54)18-22-16-24(10-12-26(22)37(35)46)41-39(48)42-25-11-13-27-23(17-25)19-34(61(55,56)57)36(38(27)47)45-43-30-14-15-32(59(49,50)51)29-8-4-3-7-28(29)30/h2-19,46-47H,20H2,1H3,(H2,41,42,48)(H,49,50,51)(H,52,53,54)(H,55,56,57). The lowest BCUT2D eigenvalue weighted by Gasteiger charge is -2.13. The van der Waals surface area contributed by atoms with E-state index in [0.29, 0.717) is 11.3 Å². The van der Waals surface area contributed by atoms with Gasteiger partial charge in [-0.1, -0.05) is 42.5 Å². The minimum Gasteiger partial charge on any atom is -0.505 e. The van der Waals surface area contributed by atoms with Gasteiger partial charge in [0.05, 0.1) is 19.3 Å². The molecular weight excluding hydrogens is 857 g/mol. The zero-order valence-corrected chi connectivity index (χ0v) is 33.6. The monoisotopic (exact) mass is 886 g/mol. The molecule has 0 saturated carbocycles. The summed E-state index contributed by atoms with van der Waals surface area (Å²) in [6, 6.07) is 24.4. The Morgan fingerprint density at radius 3 is 1.62 bits per heavy atom. The molecule has 0 fully saturated rings. The van der Waals surface area contributed by atoms with E-state index < -0.39 is 73.9 Å². The highest BCUT2D eigenvalue weighted by Gasteiger charge is 2.24. The number of benzene rings is 7. The van der Waals surface area contributed by atoms with Crippen molar-refractivity contribution in [2.24, 2.45) is 20.5 Å². The maximum atomic E-state index is 13.1. The molecule has 0 aromatic heterocycles. The van der Waals surface area contributed by atoms with E-state index >= 15 is 0 Å². The summed E-state index contributed by atoms with van der Waals surface area (Å²) in [5.74, 6) is -0.819. The molecule has 0 heterocycles. The van der Waals surface area contributed by atoms with Crippen molar-refractivity contribution in [2.45, 2.75) is 21.2 Å². The van der Waals surface area contributed by atoms with Crippen molar-refractivity contribution in [3.8, 4) is 17.2 Å². The Hall–Kier alpha value is -7.08. The lowest BCUT2D eigenvalue weighted by molar-refractivity contribution is 0.262. The van der Waals surface area contributed by atoms with Gasteiger partial charge in [0.15, 0.2) is 11.5 Å². The molecule has 2 amide bonds. The smallest absolute Gasteiger partial charge is 0.323 e. The highest BCUT2D eigenvalue weighted by molar-refractivity contribution is 7.86. The van der Waals surface area contributed by atoms with E-state index in [-0.39, 0.29) is 55.9 Å². The molecular formula is C39H30N6O13S3. The predicted molar refractivity (Wildman–Crippen MR) is 223 cm³/mol. The largest absolute Gasteiger partial charge is 0.505 e. The Labute approximate surface area is 345 Å². The summed E-state index contributed by atoms with van der Waals surface area (Å²) in [5, 5.41) is 43.7. The van der Waals surface area contributed by atoms with Crippen molar-refractivity contribution in [1.82, 2.24) is 0 Å². The number of carbonyl (C=O) groups excluding carboxylic acids is 1. The summed E-state index contributed by atoms with van der Waals surface area (Å²) in [6.45, 7) is -0.0451. The second kappa shape index (κ2) is 16.2. The van der Waals surface area contributed by atoms with Gasteiger partial charge < -0.3 is 25.6 Å². The Kier molecular flexibility index (Phi) is 11.2. The van der Waals surface area contributed by atoms with Gasteiger partial charge in [-0.15, -0.1) is 10.2 Å². The van der Waals surface area contributed by atoms with Crippen LogP contribution >= 0.6 is 0 Å². The minimum absolute atomic E-state index is 0.0274. The van der Waals surface area contributed by atoms with Gasteiger partial charge in [0.2, 0.25) is 0 Å². The number of anilines is 2. The number of nitrogens with one attached hydrogen (secondary N) is 2. The van der Waals surface area contributed by atoms with Crippen molar-refractivity contribution in [1.29, 1.82) is 0 Å². The van der Waals surface area contributed by atoms with E-state index in [1.807, 2.05) is 0 Å². The molecule has 19 nitrogen and oxygen atoms in total. The summed E-state index contributed by atoms with van der Waals surface area (Å²) in [7, 11) is -13.2. The van der Waals surface area contributed by atoms with Crippen molar-refractivity contribution < 1.29 is 58.7 Å². The number of urea groups is 1. The fourth-order valence-electron chi connectivity index (χ4n) is 6.43. The van der Waals surface area contributed by atoms with E-state index in [2.05, 4.69) is 31.1 Å². The summed E-state index contributed by atoms with van der Waals surface area (Å²) in [6.07, 6.45) is 0. The van der Waals surface area contributed by atoms with Crippen LogP contribution in [0.5, 0.6) is 17.2 Å². The number of carbonyl (C=O) groups is 1. The van der Waals surface area contributed by atoms with E-state index in [1.54, 1.807) is 30.3 Å². The number of ether oxygens (including phenoxy) is 1. The lowest BCUT2D eigenvalue weighted by atomic mass is 10.1. The minimum atomic E-state index is -5.06. The molecule has 7 N–H and O–H groups in total. The molecule has 312 valence electrons. The maximum absolute atomic E-state index is 13.1. The van der Waals surface area contributed by atoms with Gasteiger partial charge >= 0.3 is 6.03 Å². The summed E-state index contributed by atoms with van der Waals surface area (Å²) >= 11 is 0. The fourth-order valence-corrected chi connectivity index (χ4v) is 8.44. The van der Waals surface area contributed by atoms with Gasteiger partial charge in [-0.05, 0) is 77.5 Å². The molecule has 22 heteroatoms. The predicted octanol–water partition coefficient (Wildman–Crippen LogP) is 8.65. The summed E-state index contributed by atoms with van der Waals surface area (Å²) in [4.78, 5) is 11.1. The number of nitrogens with zero attached hydrogens (tertiary/aromatic N) is 4. The number of rotatable bonds is 11. The molecule has 0 saturated heterocycles. The third kappa shape index (κ3) is 8.79.